The van der Waals surface area contributed by atoms with Crippen LogP contribution in [-0.4, -0.2) is 52.9 Å². The molecule has 4 N–H and O–H groups in total. The van der Waals surface area contributed by atoms with Crippen LogP contribution in [0, 0.1) is 0 Å². The summed E-state index contributed by atoms with van der Waals surface area (Å²) in [5.41, 5.74) is 7.04. The Kier molecular flexibility index (Phi) is 13.8. The fourth-order valence-corrected chi connectivity index (χ4v) is 3.64. The summed E-state index contributed by atoms with van der Waals surface area (Å²) in [6.07, 6.45) is 0.677. The monoisotopic (exact) mass is 657 g/mol. The van der Waals surface area contributed by atoms with E-state index in [2.05, 4.69) is 20.6 Å². The van der Waals surface area contributed by atoms with Crippen molar-refractivity contribution >= 4 is 75.1 Å². The van der Waals surface area contributed by atoms with Crippen molar-refractivity contribution in [3.63, 3.8) is 0 Å². The number of rotatable bonds is 7. The summed E-state index contributed by atoms with van der Waals surface area (Å²) >= 11 is 17.1. The lowest BCUT2D eigenvalue weighted by atomic mass is 10.2. The van der Waals surface area contributed by atoms with Crippen LogP contribution >= 0.6 is 34.8 Å². The van der Waals surface area contributed by atoms with Crippen molar-refractivity contribution < 1.29 is 27.9 Å². The minimum absolute atomic E-state index is 0.141. The molecule has 14 heteroatoms. The van der Waals surface area contributed by atoms with E-state index in [0.717, 1.165) is 0 Å². The molecule has 0 unspecified atom stereocenters. The second-order valence-electron chi connectivity index (χ2n) is 11.0. The molecule has 43 heavy (non-hydrogen) atoms. The lowest BCUT2D eigenvalue weighted by molar-refractivity contribution is -0.154. The quantitative estimate of drug-likeness (QED) is 0.133. The van der Waals surface area contributed by atoms with Crippen molar-refractivity contribution in [3.8, 4) is 0 Å². The van der Waals surface area contributed by atoms with Crippen molar-refractivity contribution in [1.29, 1.82) is 0 Å². The van der Waals surface area contributed by atoms with Crippen LogP contribution in [0.2, 0.25) is 15.4 Å². The van der Waals surface area contributed by atoms with E-state index in [9.17, 15) is 9.59 Å². The van der Waals surface area contributed by atoms with E-state index in [1.807, 2.05) is 41.5 Å². The third-order valence-electron chi connectivity index (χ3n) is 4.75. The summed E-state index contributed by atoms with van der Waals surface area (Å²) in [5.74, 6) is -0.164. The van der Waals surface area contributed by atoms with E-state index in [1.54, 1.807) is 36.4 Å². The maximum Gasteiger partial charge on any atom is 0.407 e. The van der Waals surface area contributed by atoms with Gasteiger partial charge >= 0.3 is 12.1 Å². The maximum atomic E-state index is 11.4. The molecule has 1 amide bonds. The van der Waals surface area contributed by atoms with Crippen LogP contribution in [0.3, 0.4) is 0 Å². The van der Waals surface area contributed by atoms with Gasteiger partial charge < -0.3 is 34.7 Å². The van der Waals surface area contributed by atoms with Crippen LogP contribution in [0.4, 0.5) is 10.8 Å². The van der Waals surface area contributed by atoms with Crippen molar-refractivity contribution in [3.05, 3.63) is 51.8 Å². The van der Waals surface area contributed by atoms with Crippen LogP contribution in [-0.2, 0) is 14.3 Å². The van der Waals surface area contributed by atoms with Gasteiger partial charge in [-0.15, -0.1) is 0 Å². The molecule has 0 radical (unpaired) electrons. The smallest absolute Gasteiger partial charge is 0.407 e. The first-order valence-electron chi connectivity index (χ1n) is 13.4. The third kappa shape index (κ3) is 14.7. The second kappa shape index (κ2) is 16.6. The second-order valence-corrected chi connectivity index (χ2v) is 12.2. The number of oxazole rings is 2. The number of carbonyl (C=O) groups is 2. The topological polar surface area (TPSA) is 155 Å². The zero-order valence-electron chi connectivity index (χ0n) is 25.1. The lowest BCUT2D eigenvalue weighted by Gasteiger charge is -2.19. The molecule has 0 fully saturated rings. The fourth-order valence-electron chi connectivity index (χ4n) is 3.14. The Balaban J connectivity index is 0.000000247. The average Bonchev–Trinajstić information content (AvgIpc) is 3.45. The molecule has 0 atom stereocenters. The minimum Gasteiger partial charge on any atom is -0.460 e. The Hall–Kier alpha value is -3.25. The summed E-state index contributed by atoms with van der Waals surface area (Å²) in [4.78, 5) is 30.5. The van der Waals surface area contributed by atoms with Crippen LogP contribution in [0.25, 0.3) is 22.2 Å². The van der Waals surface area contributed by atoms with Crippen molar-refractivity contribution in [1.82, 2.24) is 15.3 Å². The van der Waals surface area contributed by atoms with E-state index in [0.29, 0.717) is 70.7 Å². The molecule has 0 saturated heterocycles. The number of aromatic nitrogens is 2. The highest BCUT2D eigenvalue weighted by Crippen LogP contribution is 2.23. The zero-order valence-corrected chi connectivity index (χ0v) is 27.3. The highest BCUT2D eigenvalue weighted by Gasteiger charge is 2.16. The molecule has 0 saturated carbocycles. The molecular formula is C29H38Cl3N5O6. The van der Waals surface area contributed by atoms with Crippen molar-refractivity contribution in [2.45, 2.75) is 65.6 Å². The zero-order chi connectivity index (χ0) is 32.2. The number of hydrogen-bond donors (Lipinski definition) is 3. The summed E-state index contributed by atoms with van der Waals surface area (Å²) in [6.45, 7) is 12.4. The number of alkyl carbamates (subject to hydrolysis) is 1. The van der Waals surface area contributed by atoms with Crippen molar-refractivity contribution in [2.24, 2.45) is 5.73 Å². The highest BCUT2D eigenvalue weighted by atomic mass is 35.5. The minimum atomic E-state index is -0.503. The van der Waals surface area contributed by atoms with E-state index in [1.165, 1.54) is 0 Å². The van der Waals surface area contributed by atoms with Gasteiger partial charge in [-0.2, -0.15) is 9.97 Å². The number of fused-ring (bicyclic) bond motifs is 2. The first-order chi connectivity index (χ1) is 20.0. The molecule has 4 aromatic rings. The number of halogens is 3. The van der Waals surface area contributed by atoms with Crippen LogP contribution < -0.4 is 16.4 Å². The van der Waals surface area contributed by atoms with E-state index < -0.39 is 11.7 Å². The molecular weight excluding hydrogens is 621 g/mol. The number of nitrogens with zero attached hydrogens (tertiary/aromatic N) is 2. The molecule has 0 aliphatic heterocycles. The third-order valence-corrected chi connectivity index (χ3v) is 5.38. The van der Waals surface area contributed by atoms with Crippen LogP contribution in [0.15, 0.2) is 45.2 Å². The number of nitrogens with one attached hydrogen (secondary N) is 2. The van der Waals surface area contributed by atoms with Gasteiger partial charge in [-0.05, 0) is 103 Å². The average molecular weight is 659 g/mol. The largest absolute Gasteiger partial charge is 0.460 e. The van der Waals surface area contributed by atoms with Gasteiger partial charge in [0.1, 0.15) is 22.2 Å². The van der Waals surface area contributed by atoms with Gasteiger partial charge in [-0.3, -0.25) is 4.79 Å². The molecule has 0 aliphatic rings. The summed E-state index contributed by atoms with van der Waals surface area (Å²) in [6, 6.07) is 10.8. The molecule has 4 rings (SSSR count). The Morgan fingerprint density at radius 1 is 0.837 bits per heavy atom. The number of ether oxygens (including phenoxy) is 2. The molecule has 0 spiro atoms. The van der Waals surface area contributed by atoms with Gasteiger partial charge in [0, 0.05) is 29.6 Å². The number of benzene rings is 2. The fraction of sp³-hybridized carbons (Fsp3) is 0.448. The number of esters is 1. The van der Waals surface area contributed by atoms with E-state index >= 15 is 0 Å². The number of hydrogen-bond acceptors (Lipinski definition) is 10. The predicted octanol–water partition coefficient (Wildman–Crippen LogP) is 7.62. The molecule has 236 valence electrons. The van der Waals surface area contributed by atoms with E-state index in [-0.39, 0.29) is 16.9 Å². The van der Waals surface area contributed by atoms with Gasteiger partial charge in [-0.25, -0.2) is 4.79 Å². The molecule has 11 nitrogen and oxygen atoms in total. The number of anilines is 1. The van der Waals surface area contributed by atoms with Gasteiger partial charge in [0.25, 0.3) is 11.4 Å². The van der Waals surface area contributed by atoms with Gasteiger partial charge in [0.05, 0.1) is 0 Å². The van der Waals surface area contributed by atoms with E-state index in [4.69, 9.17) is 58.8 Å². The van der Waals surface area contributed by atoms with Gasteiger partial charge in [0.2, 0.25) is 0 Å². The Bertz CT molecular complexity index is 1480. The molecule has 2 heterocycles. The summed E-state index contributed by atoms with van der Waals surface area (Å²) in [5, 5.41) is 6.99. The maximum absolute atomic E-state index is 11.4. The van der Waals surface area contributed by atoms with Gasteiger partial charge in [0.15, 0.2) is 11.2 Å². The molecule has 2 aromatic carbocycles. The van der Waals surface area contributed by atoms with Crippen LogP contribution in [0.1, 0.15) is 54.4 Å². The SMILES string of the molecule is CC(C)(C)OC(=O)CCCN.CC(C)(C)OC(=O)NCCNc1nc2cc(Cl)ccc2o1.Clc1ccc2oc(Cl)nc2c1. The summed E-state index contributed by atoms with van der Waals surface area (Å²) in [7, 11) is 0. The Labute approximate surface area is 265 Å². The number of nitrogens with two attached hydrogens (primary N) is 1. The molecule has 2 aromatic heterocycles. The Morgan fingerprint density at radius 2 is 1.40 bits per heavy atom. The predicted molar refractivity (Wildman–Crippen MR) is 170 cm³/mol. The first kappa shape index (κ1) is 35.9. The number of amides is 1. The molecule has 0 bridgehead atoms. The molecule has 0 aliphatic carbocycles. The normalized spacial score (nSPS) is 11.2. The van der Waals surface area contributed by atoms with Gasteiger partial charge in [-0.1, -0.05) is 23.2 Å². The van der Waals surface area contributed by atoms with Crippen molar-refractivity contribution in [2.75, 3.05) is 25.0 Å². The number of carbonyl (C=O) groups excluding carboxylic acids is 2. The van der Waals surface area contributed by atoms with Crippen LogP contribution in [0.5, 0.6) is 0 Å². The summed E-state index contributed by atoms with van der Waals surface area (Å²) < 4.78 is 20.7. The highest BCUT2D eigenvalue weighted by molar-refractivity contribution is 6.31. The standard InChI is InChI=1S/C14H18ClN3O3.C8H17NO2.C7H3Cl2NO/c1-14(2,3)21-13(19)17-7-6-16-12-18-10-8-9(15)4-5-11(10)20-12;1-8(2,3)11-7(10)5-4-6-9;8-4-1-2-6-5(3-4)10-7(9)11-6/h4-5,8H,6-7H2,1-3H3,(H,16,18)(H,17,19);4-6,9H2,1-3H3;1-3H. The lowest BCUT2D eigenvalue weighted by Crippen LogP contribution is -2.35. The first-order valence-corrected chi connectivity index (χ1v) is 14.6. The Morgan fingerprint density at radius 3 is 1.95 bits per heavy atom.